The summed E-state index contributed by atoms with van der Waals surface area (Å²) < 4.78 is 5.34. The predicted octanol–water partition coefficient (Wildman–Crippen LogP) is 3.43. The fourth-order valence-corrected chi connectivity index (χ4v) is 3.17. The molecule has 5 heteroatoms. The van der Waals surface area contributed by atoms with Gasteiger partial charge in [0.25, 0.3) is 0 Å². The molecule has 1 amide bonds. The van der Waals surface area contributed by atoms with Crippen molar-refractivity contribution >= 4 is 12.1 Å². The zero-order valence-corrected chi connectivity index (χ0v) is 14.1. The van der Waals surface area contributed by atoms with Crippen molar-refractivity contribution < 1.29 is 19.4 Å². The molecule has 2 aromatic carbocycles. The Kier molecular flexibility index (Phi) is 5.03. The van der Waals surface area contributed by atoms with Gasteiger partial charge < -0.3 is 14.7 Å². The number of nitrogens with zero attached hydrogens (tertiary/aromatic N) is 1. The van der Waals surface area contributed by atoms with E-state index in [4.69, 9.17) is 4.74 Å². The first kappa shape index (κ1) is 17.0. The molecule has 1 aliphatic rings. The second-order valence-corrected chi connectivity index (χ2v) is 6.41. The minimum absolute atomic E-state index is 0.168. The number of carboxylic acid groups (broad SMARTS) is 1. The Morgan fingerprint density at radius 3 is 2.40 bits per heavy atom. The van der Waals surface area contributed by atoms with Crippen LogP contribution in [0.1, 0.15) is 22.6 Å². The lowest BCUT2D eigenvalue weighted by molar-refractivity contribution is -0.141. The Balaban J connectivity index is 1.68. The number of aryl methyl sites for hydroxylation is 1. The Bertz CT molecular complexity index is 742. The molecule has 0 aromatic heterocycles. The van der Waals surface area contributed by atoms with Gasteiger partial charge in [0.05, 0.1) is 5.92 Å². The average Bonchev–Trinajstić information content (AvgIpc) is 3.07. The minimum Gasteiger partial charge on any atom is -0.481 e. The molecule has 0 saturated carbocycles. The van der Waals surface area contributed by atoms with E-state index in [0.29, 0.717) is 6.54 Å². The van der Waals surface area contributed by atoms with Gasteiger partial charge in [0.15, 0.2) is 0 Å². The number of rotatable bonds is 4. The standard InChI is InChI=1S/C20H21NO4/c1-14-7-9-16(10-8-14)17-11-21(12-18(17)19(22)23)20(24)25-13-15-5-3-2-4-6-15/h2-10,17-18H,11-13H2,1H3,(H,22,23)/t17-,18+/m0/s1. The number of benzene rings is 2. The predicted molar refractivity (Wildman–Crippen MR) is 93.2 cm³/mol. The van der Waals surface area contributed by atoms with Crippen LogP contribution < -0.4 is 0 Å². The number of ether oxygens (including phenoxy) is 1. The second kappa shape index (κ2) is 7.38. The molecule has 1 aliphatic heterocycles. The molecule has 0 radical (unpaired) electrons. The number of likely N-dealkylation sites (tertiary alicyclic amines) is 1. The number of carbonyl (C=O) groups is 2. The number of hydrogen-bond acceptors (Lipinski definition) is 3. The first-order valence-electron chi connectivity index (χ1n) is 8.29. The van der Waals surface area contributed by atoms with Crippen molar-refractivity contribution in [1.29, 1.82) is 0 Å². The maximum Gasteiger partial charge on any atom is 0.410 e. The summed E-state index contributed by atoms with van der Waals surface area (Å²) in [6.07, 6.45) is -0.468. The summed E-state index contributed by atoms with van der Waals surface area (Å²) in [5, 5.41) is 9.53. The van der Waals surface area contributed by atoms with E-state index in [0.717, 1.165) is 16.7 Å². The topological polar surface area (TPSA) is 66.8 Å². The molecule has 1 heterocycles. The van der Waals surface area contributed by atoms with Crippen molar-refractivity contribution in [3.63, 3.8) is 0 Å². The average molecular weight is 339 g/mol. The summed E-state index contributed by atoms with van der Waals surface area (Å²) in [7, 11) is 0. The van der Waals surface area contributed by atoms with Crippen LogP contribution in [0, 0.1) is 12.8 Å². The van der Waals surface area contributed by atoms with Crippen molar-refractivity contribution in [2.24, 2.45) is 5.92 Å². The van der Waals surface area contributed by atoms with Crippen LogP contribution in [0.15, 0.2) is 54.6 Å². The first-order chi connectivity index (χ1) is 12.0. The van der Waals surface area contributed by atoms with E-state index in [1.54, 1.807) is 0 Å². The molecule has 1 N–H and O–H groups in total. The fraction of sp³-hybridized carbons (Fsp3) is 0.300. The largest absolute Gasteiger partial charge is 0.481 e. The highest BCUT2D eigenvalue weighted by molar-refractivity contribution is 5.75. The van der Waals surface area contributed by atoms with Gasteiger partial charge in [-0.2, -0.15) is 0 Å². The van der Waals surface area contributed by atoms with E-state index in [2.05, 4.69) is 0 Å². The van der Waals surface area contributed by atoms with E-state index in [-0.39, 0.29) is 19.1 Å². The molecule has 2 aromatic rings. The molecule has 5 nitrogen and oxygen atoms in total. The summed E-state index contributed by atoms with van der Waals surface area (Å²) in [4.78, 5) is 25.4. The van der Waals surface area contributed by atoms with E-state index < -0.39 is 18.0 Å². The van der Waals surface area contributed by atoms with Crippen LogP contribution in [0.4, 0.5) is 4.79 Å². The van der Waals surface area contributed by atoms with Crippen molar-refractivity contribution in [3.8, 4) is 0 Å². The summed E-state index contributed by atoms with van der Waals surface area (Å²) >= 11 is 0. The smallest absolute Gasteiger partial charge is 0.410 e. The van der Waals surface area contributed by atoms with Gasteiger partial charge in [-0.15, -0.1) is 0 Å². The SMILES string of the molecule is Cc1ccc([C@@H]2CN(C(=O)OCc3ccccc3)C[C@H]2C(=O)O)cc1. The zero-order chi connectivity index (χ0) is 17.8. The van der Waals surface area contributed by atoms with Crippen molar-refractivity contribution in [1.82, 2.24) is 4.90 Å². The minimum atomic E-state index is -0.885. The molecule has 0 aliphatic carbocycles. The molecule has 0 bridgehead atoms. The van der Waals surface area contributed by atoms with Gasteiger partial charge >= 0.3 is 12.1 Å². The highest BCUT2D eigenvalue weighted by atomic mass is 16.6. The maximum absolute atomic E-state index is 12.3. The Labute approximate surface area is 146 Å². The summed E-state index contributed by atoms with van der Waals surface area (Å²) in [5.41, 5.74) is 2.96. The fourth-order valence-electron chi connectivity index (χ4n) is 3.17. The van der Waals surface area contributed by atoms with E-state index in [1.165, 1.54) is 4.90 Å². The molecule has 2 atom stereocenters. The van der Waals surface area contributed by atoms with Gasteiger partial charge in [-0.25, -0.2) is 4.79 Å². The molecule has 0 unspecified atom stereocenters. The third kappa shape index (κ3) is 3.99. The van der Waals surface area contributed by atoms with Gasteiger partial charge in [-0.3, -0.25) is 4.79 Å². The quantitative estimate of drug-likeness (QED) is 0.927. The first-order valence-corrected chi connectivity index (χ1v) is 8.29. The van der Waals surface area contributed by atoms with Gasteiger partial charge in [0, 0.05) is 19.0 Å². The molecule has 1 saturated heterocycles. The second-order valence-electron chi connectivity index (χ2n) is 6.41. The van der Waals surface area contributed by atoms with Crippen molar-refractivity contribution in [2.75, 3.05) is 13.1 Å². The number of amides is 1. The lowest BCUT2D eigenvalue weighted by Gasteiger charge is -2.16. The summed E-state index contributed by atoms with van der Waals surface area (Å²) in [6.45, 7) is 2.69. The van der Waals surface area contributed by atoms with Crippen LogP contribution in [-0.2, 0) is 16.1 Å². The maximum atomic E-state index is 12.3. The van der Waals surface area contributed by atoms with Gasteiger partial charge in [-0.05, 0) is 18.1 Å². The molecular formula is C20H21NO4. The number of carboxylic acids is 1. The Morgan fingerprint density at radius 2 is 1.76 bits per heavy atom. The third-order valence-corrected chi connectivity index (χ3v) is 4.61. The zero-order valence-electron chi connectivity index (χ0n) is 14.1. The molecular weight excluding hydrogens is 318 g/mol. The monoisotopic (exact) mass is 339 g/mol. The summed E-state index contributed by atoms with van der Waals surface area (Å²) in [5.74, 6) is -1.72. The molecule has 25 heavy (non-hydrogen) atoms. The van der Waals surface area contributed by atoms with E-state index >= 15 is 0 Å². The van der Waals surface area contributed by atoms with Crippen LogP contribution in [-0.4, -0.2) is 35.2 Å². The van der Waals surface area contributed by atoms with E-state index in [9.17, 15) is 14.7 Å². The normalized spacial score (nSPS) is 19.6. The Morgan fingerprint density at radius 1 is 1.08 bits per heavy atom. The van der Waals surface area contributed by atoms with Crippen molar-refractivity contribution in [2.45, 2.75) is 19.4 Å². The van der Waals surface area contributed by atoms with Gasteiger partial charge in [0.1, 0.15) is 6.61 Å². The van der Waals surface area contributed by atoms with Crippen LogP contribution in [0.2, 0.25) is 0 Å². The van der Waals surface area contributed by atoms with Crippen LogP contribution >= 0.6 is 0 Å². The van der Waals surface area contributed by atoms with Crippen LogP contribution in [0.5, 0.6) is 0 Å². The van der Waals surface area contributed by atoms with Crippen LogP contribution in [0.25, 0.3) is 0 Å². The molecule has 3 rings (SSSR count). The molecule has 130 valence electrons. The molecule has 0 spiro atoms. The lowest BCUT2D eigenvalue weighted by Crippen LogP contribution is -2.30. The summed E-state index contributed by atoms with van der Waals surface area (Å²) in [6, 6.07) is 17.2. The Hall–Kier alpha value is -2.82. The lowest BCUT2D eigenvalue weighted by atomic mass is 9.89. The number of aliphatic carboxylic acids is 1. The van der Waals surface area contributed by atoms with Crippen LogP contribution in [0.3, 0.4) is 0 Å². The van der Waals surface area contributed by atoms with Gasteiger partial charge in [-0.1, -0.05) is 60.2 Å². The van der Waals surface area contributed by atoms with E-state index in [1.807, 2.05) is 61.5 Å². The highest BCUT2D eigenvalue weighted by Gasteiger charge is 2.41. The van der Waals surface area contributed by atoms with Gasteiger partial charge in [0.2, 0.25) is 0 Å². The number of carbonyl (C=O) groups excluding carboxylic acids is 1. The number of hydrogen-bond donors (Lipinski definition) is 1. The third-order valence-electron chi connectivity index (χ3n) is 4.61. The highest BCUT2D eigenvalue weighted by Crippen LogP contribution is 2.33. The van der Waals surface area contributed by atoms with Crippen molar-refractivity contribution in [3.05, 3.63) is 71.3 Å². The molecule has 1 fully saturated rings.